The summed E-state index contributed by atoms with van der Waals surface area (Å²) in [6.45, 7) is 0.567. The molecule has 1 aliphatic rings. The third kappa shape index (κ3) is 2.99. The average Bonchev–Trinajstić information content (AvgIpc) is 2.89. The first kappa shape index (κ1) is 14.7. The van der Waals surface area contributed by atoms with Gasteiger partial charge in [-0.3, -0.25) is 4.79 Å². The van der Waals surface area contributed by atoms with Gasteiger partial charge in [0, 0.05) is 6.54 Å². The molecule has 4 nitrogen and oxygen atoms in total. The molecule has 3 rings (SSSR count). The van der Waals surface area contributed by atoms with Crippen LogP contribution in [0.2, 0.25) is 0 Å². The number of hydrogen-bond acceptors (Lipinski definition) is 3. The van der Waals surface area contributed by atoms with E-state index >= 15 is 0 Å². The van der Waals surface area contributed by atoms with Crippen LogP contribution in [0.4, 0.5) is 0 Å². The summed E-state index contributed by atoms with van der Waals surface area (Å²) in [6, 6.07) is 16.6. The zero-order chi connectivity index (χ0) is 15.5. The molecule has 1 saturated heterocycles. The Labute approximate surface area is 132 Å². The molecule has 22 heavy (non-hydrogen) atoms. The smallest absolute Gasteiger partial charge is 0.335 e. The van der Waals surface area contributed by atoms with Gasteiger partial charge in [0.25, 0.3) is 0 Å². The number of rotatable bonds is 4. The van der Waals surface area contributed by atoms with Gasteiger partial charge < -0.3 is 10.0 Å². The van der Waals surface area contributed by atoms with E-state index in [4.69, 9.17) is 5.11 Å². The summed E-state index contributed by atoms with van der Waals surface area (Å²) in [5.41, 5.74) is 2.30. The second-order valence-electron chi connectivity index (χ2n) is 5.10. The molecule has 1 heterocycles. The Hall–Kier alpha value is -2.27. The van der Waals surface area contributed by atoms with Gasteiger partial charge in [0.1, 0.15) is 5.37 Å². The van der Waals surface area contributed by atoms with Crippen molar-refractivity contribution in [2.45, 2.75) is 11.9 Å². The molecule has 112 valence electrons. The summed E-state index contributed by atoms with van der Waals surface area (Å²) in [7, 11) is 0. The van der Waals surface area contributed by atoms with E-state index in [0.717, 1.165) is 11.1 Å². The van der Waals surface area contributed by atoms with E-state index in [2.05, 4.69) is 0 Å². The highest BCUT2D eigenvalue weighted by molar-refractivity contribution is 8.00. The van der Waals surface area contributed by atoms with Crippen molar-refractivity contribution in [1.29, 1.82) is 0 Å². The third-order valence-corrected chi connectivity index (χ3v) is 4.86. The molecule has 0 bridgehead atoms. The van der Waals surface area contributed by atoms with Crippen molar-refractivity contribution in [3.05, 3.63) is 71.3 Å². The van der Waals surface area contributed by atoms with Crippen LogP contribution in [-0.2, 0) is 11.3 Å². The van der Waals surface area contributed by atoms with Crippen molar-refractivity contribution in [2.24, 2.45) is 0 Å². The average molecular weight is 313 g/mol. The first-order valence-corrected chi connectivity index (χ1v) is 7.98. The highest BCUT2D eigenvalue weighted by Crippen LogP contribution is 2.39. The van der Waals surface area contributed by atoms with Crippen LogP contribution in [0.1, 0.15) is 26.9 Å². The Bertz CT molecular complexity index is 685. The molecule has 2 aromatic carbocycles. The van der Waals surface area contributed by atoms with Crippen molar-refractivity contribution in [1.82, 2.24) is 4.90 Å². The van der Waals surface area contributed by atoms with Gasteiger partial charge in [-0.15, -0.1) is 11.8 Å². The predicted octanol–water partition coefficient (Wildman–Crippen LogP) is 3.16. The van der Waals surface area contributed by atoms with Crippen LogP contribution >= 0.6 is 11.8 Å². The Balaban J connectivity index is 1.82. The van der Waals surface area contributed by atoms with Crippen LogP contribution in [0.25, 0.3) is 0 Å². The number of nitrogens with zero attached hydrogens (tertiary/aromatic N) is 1. The largest absolute Gasteiger partial charge is 0.478 e. The number of carboxylic acids is 1. The lowest BCUT2D eigenvalue weighted by Gasteiger charge is -2.24. The van der Waals surface area contributed by atoms with Crippen molar-refractivity contribution in [3.8, 4) is 0 Å². The van der Waals surface area contributed by atoms with Crippen LogP contribution in [0.15, 0.2) is 54.6 Å². The summed E-state index contributed by atoms with van der Waals surface area (Å²) < 4.78 is 0. The Kier molecular flexibility index (Phi) is 4.15. The maximum Gasteiger partial charge on any atom is 0.335 e. The molecule has 0 unspecified atom stereocenters. The van der Waals surface area contributed by atoms with Crippen molar-refractivity contribution < 1.29 is 14.7 Å². The molecule has 0 aromatic heterocycles. The first-order chi connectivity index (χ1) is 10.6. The van der Waals surface area contributed by atoms with Gasteiger partial charge in [0.15, 0.2) is 0 Å². The highest BCUT2D eigenvalue weighted by atomic mass is 32.2. The first-order valence-electron chi connectivity index (χ1n) is 6.93. The monoisotopic (exact) mass is 313 g/mol. The topological polar surface area (TPSA) is 57.6 Å². The molecule has 1 aliphatic heterocycles. The minimum absolute atomic E-state index is 0.0597. The Morgan fingerprint density at radius 3 is 2.45 bits per heavy atom. The molecular weight excluding hydrogens is 298 g/mol. The van der Waals surface area contributed by atoms with Crippen molar-refractivity contribution in [2.75, 3.05) is 5.75 Å². The van der Waals surface area contributed by atoms with Gasteiger partial charge in [-0.1, -0.05) is 42.5 Å². The third-order valence-electron chi connectivity index (χ3n) is 3.61. The van der Waals surface area contributed by atoms with Crippen LogP contribution < -0.4 is 0 Å². The van der Waals surface area contributed by atoms with Crippen molar-refractivity contribution in [3.63, 3.8) is 0 Å². The lowest BCUT2D eigenvalue weighted by molar-refractivity contribution is -0.128. The molecule has 0 spiro atoms. The molecule has 1 atom stereocenters. The lowest BCUT2D eigenvalue weighted by Crippen LogP contribution is -2.27. The normalized spacial score (nSPS) is 17.7. The molecule has 1 amide bonds. The lowest BCUT2D eigenvalue weighted by atomic mass is 10.1. The van der Waals surface area contributed by atoms with E-state index in [1.807, 2.05) is 35.2 Å². The molecule has 0 aliphatic carbocycles. The molecule has 1 N–H and O–H groups in total. The fourth-order valence-corrected chi connectivity index (χ4v) is 3.66. The Morgan fingerprint density at radius 2 is 1.82 bits per heavy atom. The van der Waals surface area contributed by atoms with Gasteiger partial charge in [0.2, 0.25) is 5.91 Å². The fraction of sp³-hybridized carbons (Fsp3) is 0.176. The highest BCUT2D eigenvalue weighted by Gasteiger charge is 2.32. The number of hydrogen-bond donors (Lipinski definition) is 1. The molecule has 1 fully saturated rings. The van der Waals surface area contributed by atoms with Crippen LogP contribution in [0.3, 0.4) is 0 Å². The maximum atomic E-state index is 12.1. The molecular formula is C17H15NO3S. The van der Waals surface area contributed by atoms with Crippen LogP contribution in [0.5, 0.6) is 0 Å². The standard InChI is InChI=1S/C17H15NO3S/c19-15-11-22-16(13-6-8-14(9-7-13)17(20)21)18(15)10-12-4-2-1-3-5-12/h1-9,16H,10-11H2,(H,20,21)/t16-/m0/s1. The van der Waals surface area contributed by atoms with Crippen molar-refractivity contribution >= 4 is 23.6 Å². The zero-order valence-electron chi connectivity index (χ0n) is 11.8. The second-order valence-corrected chi connectivity index (χ2v) is 6.17. The van der Waals surface area contributed by atoms with E-state index < -0.39 is 5.97 Å². The molecule has 2 aromatic rings. The summed E-state index contributed by atoms with van der Waals surface area (Å²) in [5.74, 6) is -0.373. The number of aromatic carboxylic acids is 1. The SMILES string of the molecule is O=C(O)c1ccc([C@@H]2SCC(=O)N2Cc2ccccc2)cc1. The van der Waals surface area contributed by atoms with E-state index in [-0.39, 0.29) is 16.8 Å². The van der Waals surface area contributed by atoms with Gasteiger partial charge in [-0.25, -0.2) is 4.79 Å². The maximum absolute atomic E-state index is 12.1. The molecule has 0 saturated carbocycles. The number of benzene rings is 2. The summed E-state index contributed by atoms with van der Waals surface area (Å²) in [6.07, 6.45) is 0. The number of thioether (sulfide) groups is 1. The number of amides is 1. The van der Waals surface area contributed by atoms with E-state index in [1.54, 1.807) is 36.0 Å². The van der Waals surface area contributed by atoms with Gasteiger partial charge in [0.05, 0.1) is 11.3 Å². The number of carboxylic acid groups (broad SMARTS) is 1. The van der Waals surface area contributed by atoms with Gasteiger partial charge >= 0.3 is 5.97 Å². The van der Waals surface area contributed by atoms with Crippen LogP contribution in [-0.4, -0.2) is 27.6 Å². The van der Waals surface area contributed by atoms with E-state index in [9.17, 15) is 9.59 Å². The minimum atomic E-state index is -0.942. The molecule has 5 heteroatoms. The zero-order valence-corrected chi connectivity index (χ0v) is 12.6. The van der Waals surface area contributed by atoms with Gasteiger partial charge in [-0.2, -0.15) is 0 Å². The second kappa shape index (κ2) is 6.23. The number of carbonyl (C=O) groups excluding carboxylic acids is 1. The summed E-state index contributed by atoms with van der Waals surface area (Å²) >= 11 is 1.57. The fourth-order valence-electron chi connectivity index (χ4n) is 2.47. The van der Waals surface area contributed by atoms with E-state index in [1.165, 1.54) is 0 Å². The summed E-state index contributed by atoms with van der Waals surface area (Å²) in [4.78, 5) is 24.9. The predicted molar refractivity (Wildman–Crippen MR) is 85.6 cm³/mol. The quantitative estimate of drug-likeness (QED) is 0.942. The molecule has 0 radical (unpaired) electrons. The summed E-state index contributed by atoms with van der Waals surface area (Å²) in [5, 5.41) is 8.90. The minimum Gasteiger partial charge on any atom is -0.478 e. The van der Waals surface area contributed by atoms with Gasteiger partial charge in [-0.05, 0) is 23.3 Å². The van der Waals surface area contributed by atoms with E-state index in [0.29, 0.717) is 12.3 Å². The number of carbonyl (C=O) groups is 2. The van der Waals surface area contributed by atoms with Crippen LogP contribution in [0, 0.1) is 0 Å². The Morgan fingerprint density at radius 1 is 1.14 bits per heavy atom.